The SMILES string of the molecule is CC1CN(C(=O)C(C)(C)CCl)CCO1. The molecule has 1 unspecified atom stereocenters. The van der Waals surface area contributed by atoms with Crippen molar-refractivity contribution in [2.75, 3.05) is 25.6 Å². The van der Waals surface area contributed by atoms with E-state index >= 15 is 0 Å². The highest BCUT2D eigenvalue weighted by molar-refractivity contribution is 6.19. The molecule has 3 nitrogen and oxygen atoms in total. The first-order valence-corrected chi connectivity index (χ1v) is 5.48. The van der Waals surface area contributed by atoms with Crippen molar-refractivity contribution in [3.05, 3.63) is 0 Å². The molecule has 0 N–H and O–H groups in total. The molecule has 1 fully saturated rings. The summed E-state index contributed by atoms with van der Waals surface area (Å²) in [5, 5.41) is 0. The van der Waals surface area contributed by atoms with Crippen molar-refractivity contribution in [2.24, 2.45) is 5.41 Å². The molecular formula is C10H18ClNO2. The van der Waals surface area contributed by atoms with Gasteiger partial charge in [0, 0.05) is 19.0 Å². The highest BCUT2D eigenvalue weighted by atomic mass is 35.5. The molecule has 1 rings (SSSR count). The van der Waals surface area contributed by atoms with Crippen molar-refractivity contribution in [2.45, 2.75) is 26.9 Å². The molecule has 0 aromatic carbocycles. The second kappa shape index (κ2) is 4.49. The van der Waals surface area contributed by atoms with Crippen LogP contribution >= 0.6 is 11.6 Å². The summed E-state index contributed by atoms with van der Waals surface area (Å²) >= 11 is 5.76. The molecule has 82 valence electrons. The minimum Gasteiger partial charge on any atom is -0.375 e. The summed E-state index contributed by atoms with van der Waals surface area (Å²) in [7, 11) is 0. The van der Waals surface area contributed by atoms with Crippen LogP contribution < -0.4 is 0 Å². The quantitative estimate of drug-likeness (QED) is 0.659. The maximum Gasteiger partial charge on any atom is 0.229 e. The van der Waals surface area contributed by atoms with Gasteiger partial charge in [-0.3, -0.25) is 4.79 Å². The Hall–Kier alpha value is -0.280. The fraction of sp³-hybridized carbons (Fsp3) is 0.900. The molecule has 4 heteroatoms. The molecule has 0 saturated carbocycles. The van der Waals surface area contributed by atoms with Gasteiger partial charge < -0.3 is 9.64 Å². The number of alkyl halides is 1. The monoisotopic (exact) mass is 219 g/mol. The fourth-order valence-corrected chi connectivity index (χ4v) is 1.60. The highest BCUT2D eigenvalue weighted by Gasteiger charge is 2.33. The molecule has 1 saturated heterocycles. The number of nitrogens with zero attached hydrogens (tertiary/aromatic N) is 1. The van der Waals surface area contributed by atoms with E-state index in [-0.39, 0.29) is 12.0 Å². The van der Waals surface area contributed by atoms with Crippen LogP contribution in [0.3, 0.4) is 0 Å². The number of hydrogen-bond donors (Lipinski definition) is 0. The van der Waals surface area contributed by atoms with Gasteiger partial charge in [-0.1, -0.05) is 0 Å². The minimum absolute atomic E-state index is 0.127. The van der Waals surface area contributed by atoms with Gasteiger partial charge in [-0.05, 0) is 20.8 Å². The predicted octanol–water partition coefficient (Wildman–Crippen LogP) is 1.50. The first kappa shape index (κ1) is 11.8. The Morgan fingerprint density at radius 2 is 2.29 bits per heavy atom. The zero-order chi connectivity index (χ0) is 10.8. The first-order chi connectivity index (χ1) is 6.47. The lowest BCUT2D eigenvalue weighted by Crippen LogP contribution is -2.49. The lowest BCUT2D eigenvalue weighted by atomic mass is 9.94. The van der Waals surface area contributed by atoms with Crippen LogP contribution in [0, 0.1) is 5.41 Å². The van der Waals surface area contributed by atoms with Crippen molar-refractivity contribution in [3.8, 4) is 0 Å². The Morgan fingerprint density at radius 3 is 2.79 bits per heavy atom. The van der Waals surface area contributed by atoms with Crippen LogP contribution in [0.15, 0.2) is 0 Å². The maximum absolute atomic E-state index is 12.0. The first-order valence-electron chi connectivity index (χ1n) is 4.94. The van der Waals surface area contributed by atoms with E-state index in [2.05, 4.69) is 0 Å². The Balaban J connectivity index is 2.60. The largest absolute Gasteiger partial charge is 0.375 e. The molecule has 1 atom stereocenters. The van der Waals surface area contributed by atoms with Gasteiger partial charge in [0.05, 0.1) is 18.1 Å². The molecule has 0 aromatic heterocycles. The fourth-order valence-electron chi connectivity index (χ4n) is 1.49. The third-order valence-electron chi connectivity index (χ3n) is 2.44. The second-order valence-corrected chi connectivity index (χ2v) is 4.72. The number of amides is 1. The van der Waals surface area contributed by atoms with Gasteiger partial charge >= 0.3 is 0 Å². The van der Waals surface area contributed by atoms with Crippen LogP contribution in [-0.4, -0.2) is 42.5 Å². The van der Waals surface area contributed by atoms with E-state index in [4.69, 9.17) is 16.3 Å². The standard InChI is InChI=1S/C10H18ClNO2/c1-8-6-12(4-5-14-8)9(13)10(2,3)7-11/h8H,4-7H2,1-3H3. The number of morpholine rings is 1. The normalized spacial score (nSPS) is 23.7. The van der Waals surface area contributed by atoms with Crippen LogP contribution in [0.4, 0.5) is 0 Å². The predicted molar refractivity (Wildman–Crippen MR) is 56.5 cm³/mol. The topological polar surface area (TPSA) is 29.5 Å². The summed E-state index contributed by atoms with van der Waals surface area (Å²) in [6.07, 6.45) is 0.138. The molecule has 0 aromatic rings. The van der Waals surface area contributed by atoms with Crippen molar-refractivity contribution in [3.63, 3.8) is 0 Å². The maximum atomic E-state index is 12.0. The van der Waals surface area contributed by atoms with E-state index in [0.29, 0.717) is 25.6 Å². The molecule has 14 heavy (non-hydrogen) atoms. The van der Waals surface area contributed by atoms with Crippen molar-refractivity contribution < 1.29 is 9.53 Å². The van der Waals surface area contributed by atoms with Gasteiger partial charge in [-0.2, -0.15) is 0 Å². The summed E-state index contributed by atoms with van der Waals surface area (Å²) in [4.78, 5) is 13.8. The van der Waals surface area contributed by atoms with Gasteiger partial charge in [0.25, 0.3) is 0 Å². The summed E-state index contributed by atoms with van der Waals surface area (Å²) in [6.45, 7) is 7.73. The van der Waals surface area contributed by atoms with E-state index in [1.807, 2.05) is 25.7 Å². The Kier molecular flexibility index (Phi) is 3.78. The van der Waals surface area contributed by atoms with Crippen LogP contribution in [-0.2, 0) is 9.53 Å². The van der Waals surface area contributed by atoms with Crippen LogP contribution in [0.25, 0.3) is 0 Å². The number of rotatable bonds is 2. The molecule has 1 amide bonds. The molecule has 0 bridgehead atoms. The summed E-state index contributed by atoms with van der Waals surface area (Å²) in [6, 6.07) is 0. The van der Waals surface area contributed by atoms with Gasteiger partial charge in [-0.25, -0.2) is 0 Å². The zero-order valence-corrected chi connectivity index (χ0v) is 9.80. The Labute approximate surface area is 90.4 Å². The molecule has 0 radical (unpaired) electrons. The smallest absolute Gasteiger partial charge is 0.229 e. The van der Waals surface area contributed by atoms with Crippen molar-refractivity contribution >= 4 is 17.5 Å². The molecule has 1 heterocycles. The third kappa shape index (κ3) is 2.61. The molecule has 0 aliphatic carbocycles. The van der Waals surface area contributed by atoms with Gasteiger partial charge in [0.15, 0.2) is 0 Å². The Bertz CT molecular complexity index is 218. The minimum atomic E-state index is -0.460. The van der Waals surface area contributed by atoms with Gasteiger partial charge in [0.1, 0.15) is 0 Å². The van der Waals surface area contributed by atoms with E-state index in [9.17, 15) is 4.79 Å². The van der Waals surface area contributed by atoms with E-state index < -0.39 is 5.41 Å². The summed E-state index contributed by atoms with van der Waals surface area (Å²) < 4.78 is 5.38. The van der Waals surface area contributed by atoms with E-state index in [1.54, 1.807) is 0 Å². The molecule has 1 aliphatic rings. The number of carbonyl (C=O) groups excluding carboxylic acids is 1. The van der Waals surface area contributed by atoms with Crippen LogP contribution in [0.5, 0.6) is 0 Å². The number of hydrogen-bond acceptors (Lipinski definition) is 2. The van der Waals surface area contributed by atoms with Crippen LogP contribution in [0.2, 0.25) is 0 Å². The highest BCUT2D eigenvalue weighted by Crippen LogP contribution is 2.22. The van der Waals surface area contributed by atoms with Crippen LogP contribution in [0.1, 0.15) is 20.8 Å². The molecular weight excluding hydrogens is 202 g/mol. The summed E-state index contributed by atoms with van der Waals surface area (Å²) in [5.41, 5.74) is -0.460. The number of carbonyl (C=O) groups is 1. The number of ether oxygens (including phenoxy) is 1. The van der Waals surface area contributed by atoms with E-state index in [0.717, 1.165) is 0 Å². The summed E-state index contributed by atoms with van der Waals surface area (Å²) in [5.74, 6) is 0.486. The van der Waals surface area contributed by atoms with E-state index in [1.165, 1.54) is 0 Å². The third-order valence-corrected chi connectivity index (χ3v) is 3.11. The van der Waals surface area contributed by atoms with Crippen molar-refractivity contribution in [1.29, 1.82) is 0 Å². The lowest BCUT2D eigenvalue weighted by molar-refractivity contribution is -0.146. The Morgan fingerprint density at radius 1 is 1.64 bits per heavy atom. The average Bonchev–Trinajstić information content (AvgIpc) is 2.16. The van der Waals surface area contributed by atoms with Gasteiger partial charge in [-0.15, -0.1) is 11.6 Å². The lowest BCUT2D eigenvalue weighted by Gasteiger charge is -2.35. The zero-order valence-electron chi connectivity index (χ0n) is 9.05. The second-order valence-electron chi connectivity index (χ2n) is 4.45. The number of halogens is 1. The average molecular weight is 220 g/mol. The van der Waals surface area contributed by atoms with Crippen molar-refractivity contribution in [1.82, 2.24) is 4.90 Å². The molecule has 1 aliphatic heterocycles. The van der Waals surface area contributed by atoms with Gasteiger partial charge in [0.2, 0.25) is 5.91 Å². The molecule has 0 spiro atoms.